The molecule has 0 bridgehead atoms. The molecule has 0 aromatic rings. The molecule has 0 spiro atoms. The normalized spacial score (nSPS) is 43.1. The molecule has 3 atom stereocenters. The Morgan fingerprint density at radius 1 is 1.50 bits per heavy atom. The lowest BCUT2D eigenvalue weighted by Gasteiger charge is -2.17. The summed E-state index contributed by atoms with van der Waals surface area (Å²) in [6, 6.07) is 0. The molecule has 0 saturated carbocycles. The van der Waals surface area contributed by atoms with Crippen LogP contribution in [0.2, 0.25) is 0 Å². The van der Waals surface area contributed by atoms with Crippen molar-refractivity contribution in [2.45, 2.75) is 37.8 Å². The van der Waals surface area contributed by atoms with Gasteiger partial charge in [0.25, 0.3) is 0 Å². The summed E-state index contributed by atoms with van der Waals surface area (Å²) in [6.07, 6.45) is -0.0578. The van der Waals surface area contributed by atoms with Crippen LogP contribution >= 0.6 is 11.8 Å². The minimum atomic E-state index is -1.36. The van der Waals surface area contributed by atoms with Gasteiger partial charge < -0.3 is 9.47 Å². The first-order chi connectivity index (χ1) is 6.49. The molecule has 0 aromatic carbocycles. The van der Waals surface area contributed by atoms with Crippen molar-refractivity contribution in [1.82, 2.24) is 0 Å². The Morgan fingerprint density at radius 3 is 2.93 bits per heavy atom. The van der Waals surface area contributed by atoms with E-state index < -0.39 is 5.67 Å². The summed E-state index contributed by atoms with van der Waals surface area (Å²) >= 11 is 1.74. The van der Waals surface area contributed by atoms with Crippen LogP contribution in [0.1, 0.15) is 20.8 Å². The van der Waals surface area contributed by atoms with Gasteiger partial charge in [-0.2, -0.15) is 0 Å². The maximum absolute atomic E-state index is 13.6. The lowest BCUT2D eigenvalue weighted by molar-refractivity contribution is 0.00926. The molecule has 4 heteroatoms. The van der Waals surface area contributed by atoms with Gasteiger partial charge in [0.15, 0.2) is 5.67 Å². The minimum Gasteiger partial charge on any atom is -0.491 e. The smallest absolute Gasteiger partial charge is 0.165 e. The molecular weight excluding hydrogens is 203 g/mol. The summed E-state index contributed by atoms with van der Waals surface area (Å²) in [4.78, 5) is 1.13. The lowest BCUT2D eigenvalue weighted by Crippen LogP contribution is -2.30. The van der Waals surface area contributed by atoms with E-state index in [-0.39, 0.29) is 19.3 Å². The monoisotopic (exact) mass is 218 g/mol. The Hall–Kier alpha value is -0.220. The summed E-state index contributed by atoms with van der Waals surface area (Å²) in [5.41, 5.74) is -1.36. The Kier molecular flexibility index (Phi) is 2.52. The molecule has 2 rings (SSSR count). The van der Waals surface area contributed by atoms with Gasteiger partial charge in [-0.1, -0.05) is 0 Å². The third kappa shape index (κ3) is 1.77. The largest absolute Gasteiger partial charge is 0.491 e. The number of allylic oxidation sites excluding steroid dienone is 1. The van der Waals surface area contributed by atoms with Gasteiger partial charge >= 0.3 is 0 Å². The zero-order valence-electron chi connectivity index (χ0n) is 8.67. The SMILES string of the molecule is CC1=C2OCC(C)(F)COC2[C@H](C)S1. The standard InChI is InChI=1S/C10H15FO2S/c1-6-8-9(7(2)14-6)13-5-10(3,11)4-12-8/h6,8H,4-5H2,1-3H3/t6-,8?,10?/m0/s1. The molecule has 2 nitrogen and oxygen atoms in total. The van der Waals surface area contributed by atoms with Gasteiger partial charge in [-0.25, -0.2) is 4.39 Å². The maximum atomic E-state index is 13.6. The molecule has 80 valence electrons. The van der Waals surface area contributed by atoms with E-state index in [0.29, 0.717) is 5.25 Å². The molecular formula is C10H15FO2S. The van der Waals surface area contributed by atoms with E-state index in [9.17, 15) is 4.39 Å². The molecule has 2 heterocycles. The summed E-state index contributed by atoms with van der Waals surface area (Å²) in [5.74, 6) is 0.837. The third-order valence-electron chi connectivity index (χ3n) is 2.49. The van der Waals surface area contributed by atoms with Gasteiger partial charge in [0.1, 0.15) is 18.5 Å². The first-order valence-corrected chi connectivity index (χ1v) is 5.68. The minimum absolute atomic E-state index is 0.0578. The van der Waals surface area contributed by atoms with Crippen LogP contribution in [0.4, 0.5) is 4.39 Å². The van der Waals surface area contributed by atoms with E-state index in [1.54, 1.807) is 11.8 Å². The fraction of sp³-hybridized carbons (Fsp3) is 0.800. The molecule has 0 N–H and O–H groups in total. The van der Waals surface area contributed by atoms with Gasteiger partial charge in [0.2, 0.25) is 0 Å². The maximum Gasteiger partial charge on any atom is 0.165 e. The number of alkyl halides is 1. The van der Waals surface area contributed by atoms with Crippen molar-refractivity contribution in [3.8, 4) is 0 Å². The number of thioether (sulfide) groups is 1. The first kappa shape index (κ1) is 10.3. The summed E-state index contributed by atoms with van der Waals surface area (Å²) in [7, 11) is 0. The number of rotatable bonds is 0. The second kappa shape index (κ2) is 3.42. The molecule has 2 unspecified atom stereocenters. The second-order valence-electron chi connectivity index (χ2n) is 4.18. The average molecular weight is 218 g/mol. The van der Waals surface area contributed by atoms with Crippen LogP contribution in [0.15, 0.2) is 10.7 Å². The van der Waals surface area contributed by atoms with Gasteiger partial charge in [0.05, 0.1) is 6.61 Å². The lowest BCUT2D eigenvalue weighted by atomic mass is 10.2. The van der Waals surface area contributed by atoms with Crippen LogP contribution in [-0.2, 0) is 9.47 Å². The Bertz CT molecular complexity index is 275. The third-order valence-corrected chi connectivity index (χ3v) is 3.66. The number of ether oxygens (including phenoxy) is 2. The fourth-order valence-electron chi connectivity index (χ4n) is 1.74. The van der Waals surface area contributed by atoms with Gasteiger partial charge in [-0.05, 0) is 20.8 Å². The summed E-state index contributed by atoms with van der Waals surface area (Å²) < 4.78 is 24.6. The van der Waals surface area contributed by atoms with Crippen LogP contribution in [-0.4, -0.2) is 30.2 Å². The first-order valence-electron chi connectivity index (χ1n) is 4.80. The van der Waals surface area contributed by atoms with Crippen molar-refractivity contribution in [2.75, 3.05) is 13.2 Å². The fourth-order valence-corrected chi connectivity index (χ4v) is 2.92. The topological polar surface area (TPSA) is 18.5 Å². The Balaban J connectivity index is 2.19. The van der Waals surface area contributed by atoms with Gasteiger partial charge in [-0.15, -0.1) is 11.8 Å². The van der Waals surface area contributed by atoms with Crippen LogP contribution < -0.4 is 0 Å². The molecule has 2 aliphatic heterocycles. The predicted molar refractivity (Wildman–Crippen MR) is 55.0 cm³/mol. The molecule has 14 heavy (non-hydrogen) atoms. The molecule has 1 saturated heterocycles. The zero-order valence-corrected chi connectivity index (χ0v) is 9.49. The van der Waals surface area contributed by atoms with Crippen molar-refractivity contribution in [3.05, 3.63) is 10.7 Å². The van der Waals surface area contributed by atoms with Crippen LogP contribution in [0.25, 0.3) is 0 Å². The van der Waals surface area contributed by atoms with E-state index >= 15 is 0 Å². The molecule has 0 amide bonds. The van der Waals surface area contributed by atoms with E-state index in [0.717, 1.165) is 10.7 Å². The molecule has 0 aliphatic carbocycles. The van der Waals surface area contributed by atoms with E-state index in [1.807, 2.05) is 6.92 Å². The van der Waals surface area contributed by atoms with E-state index in [4.69, 9.17) is 9.47 Å². The van der Waals surface area contributed by atoms with Gasteiger partial charge in [-0.3, -0.25) is 0 Å². The second-order valence-corrected chi connectivity index (χ2v) is 5.77. The summed E-state index contributed by atoms with van der Waals surface area (Å²) in [6.45, 7) is 5.82. The van der Waals surface area contributed by atoms with Crippen molar-refractivity contribution < 1.29 is 13.9 Å². The van der Waals surface area contributed by atoms with Crippen LogP contribution in [0.3, 0.4) is 0 Å². The molecule has 0 radical (unpaired) electrons. The highest BCUT2D eigenvalue weighted by molar-refractivity contribution is 8.03. The Labute approximate surface area is 87.8 Å². The predicted octanol–water partition coefficient (Wildman–Crippen LogP) is 2.50. The highest BCUT2D eigenvalue weighted by Gasteiger charge is 2.40. The summed E-state index contributed by atoms with van der Waals surface area (Å²) in [5, 5.41) is 0.332. The Morgan fingerprint density at radius 2 is 2.21 bits per heavy atom. The van der Waals surface area contributed by atoms with E-state index in [2.05, 4.69) is 6.92 Å². The number of hydrogen-bond acceptors (Lipinski definition) is 3. The van der Waals surface area contributed by atoms with Crippen LogP contribution in [0.5, 0.6) is 0 Å². The van der Waals surface area contributed by atoms with E-state index in [1.165, 1.54) is 6.92 Å². The van der Waals surface area contributed by atoms with Crippen LogP contribution in [0, 0.1) is 0 Å². The van der Waals surface area contributed by atoms with Crippen molar-refractivity contribution in [2.24, 2.45) is 0 Å². The molecule has 0 aromatic heterocycles. The highest BCUT2D eigenvalue weighted by atomic mass is 32.2. The number of hydrogen-bond donors (Lipinski definition) is 0. The van der Waals surface area contributed by atoms with Crippen molar-refractivity contribution in [1.29, 1.82) is 0 Å². The molecule has 1 fully saturated rings. The quantitative estimate of drug-likeness (QED) is 0.622. The highest BCUT2D eigenvalue weighted by Crippen LogP contribution is 2.41. The van der Waals surface area contributed by atoms with Gasteiger partial charge in [0, 0.05) is 10.2 Å². The zero-order chi connectivity index (χ0) is 10.3. The molecule has 2 aliphatic rings. The van der Waals surface area contributed by atoms with Crippen molar-refractivity contribution in [3.63, 3.8) is 0 Å². The van der Waals surface area contributed by atoms with Crippen molar-refractivity contribution >= 4 is 11.8 Å². The number of fused-ring (bicyclic) bond motifs is 1. The number of halogens is 1. The average Bonchev–Trinajstić information content (AvgIpc) is 2.26.